The molecule has 0 aliphatic carbocycles. The van der Waals surface area contributed by atoms with Crippen molar-refractivity contribution in [3.05, 3.63) is 34.1 Å². The minimum absolute atomic E-state index is 0.159. The summed E-state index contributed by atoms with van der Waals surface area (Å²) in [5.74, 6) is -1.09. The smallest absolute Gasteiger partial charge is 0.306 e. The lowest BCUT2D eigenvalue weighted by atomic mass is 9.85. The monoisotopic (exact) mass is 329 g/mol. The summed E-state index contributed by atoms with van der Waals surface area (Å²) in [5, 5.41) is 8.97. The van der Waals surface area contributed by atoms with E-state index in [-0.39, 0.29) is 23.7 Å². The van der Waals surface area contributed by atoms with Gasteiger partial charge >= 0.3 is 5.97 Å². The normalized spacial score (nSPS) is 19.8. The highest BCUT2D eigenvalue weighted by Crippen LogP contribution is 2.35. The highest BCUT2D eigenvalue weighted by molar-refractivity contribution is 9.10. The number of benzene rings is 1. The second-order valence-electron chi connectivity index (χ2n) is 5.18. The molecule has 19 heavy (non-hydrogen) atoms. The number of nitrogens with zero attached hydrogens (tertiary/aromatic N) is 1. The molecule has 1 saturated heterocycles. The Kier molecular flexibility index (Phi) is 4.26. The van der Waals surface area contributed by atoms with Gasteiger partial charge in [0.05, 0.1) is 5.92 Å². The minimum Gasteiger partial charge on any atom is -0.481 e. The van der Waals surface area contributed by atoms with Crippen LogP contribution in [0.25, 0.3) is 0 Å². The molecule has 2 unspecified atom stereocenters. The van der Waals surface area contributed by atoms with Crippen molar-refractivity contribution in [3.63, 3.8) is 0 Å². The quantitative estimate of drug-likeness (QED) is 0.921. The number of rotatable bonds is 4. The van der Waals surface area contributed by atoms with Gasteiger partial charge in [0.1, 0.15) is 5.82 Å². The molecule has 3 nitrogen and oxygen atoms in total. The van der Waals surface area contributed by atoms with Crippen molar-refractivity contribution in [1.29, 1.82) is 0 Å². The van der Waals surface area contributed by atoms with Gasteiger partial charge < -0.3 is 5.11 Å². The second-order valence-corrected chi connectivity index (χ2v) is 6.04. The highest BCUT2D eigenvalue weighted by Gasteiger charge is 2.37. The molecule has 0 saturated carbocycles. The van der Waals surface area contributed by atoms with E-state index in [9.17, 15) is 9.18 Å². The third-order valence-corrected chi connectivity index (χ3v) is 4.68. The van der Waals surface area contributed by atoms with Gasteiger partial charge in [-0.1, -0.05) is 28.9 Å². The van der Waals surface area contributed by atoms with Crippen LogP contribution in [0.1, 0.15) is 25.5 Å². The lowest BCUT2D eigenvalue weighted by Crippen LogP contribution is -2.51. The fourth-order valence-corrected chi connectivity index (χ4v) is 3.10. The molecule has 104 valence electrons. The summed E-state index contributed by atoms with van der Waals surface area (Å²) in [7, 11) is 0. The fraction of sp³-hybridized carbons (Fsp3) is 0.500. The second kappa shape index (κ2) is 5.59. The van der Waals surface area contributed by atoms with Crippen molar-refractivity contribution >= 4 is 21.9 Å². The summed E-state index contributed by atoms with van der Waals surface area (Å²) in [6, 6.07) is 4.85. The van der Waals surface area contributed by atoms with Crippen LogP contribution in [0, 0.1) is 17.7 Å². The van der Waals surface area contributed by atoms with Crippen molar-refractivity contribution < 1.29 is 14.3 Å². The van der Waals surface area contributed by atoms with Crippen LogP contribution in [0.4, 0.5) is 4.39 Å². The van der Waals surface area contributed by atoms with Gasteiger partial charge in [-0.15, -0.1) is 0 Å². The average Bonchev–Trinajstić information content (AvgIpc) is 2.26. The van der Waals surface area contributed by atoms with Gasteiger partial charge in [0.15, 0.2) is 0 Å². The maximum absolute atomic E-state index is 13.1. The highest BCUT2D eigenvalue weighted by atomic mass is 79.9. The van der Waals surface area contributed by atoms with Crippen LogP contribution in [-0.2, 0) is 4.79 Å². The fourth-order valence-electron chi connectivity index (χ4n) is 2.42. The molecule has 1 fully saturated rings. The van der Waals surface area contributed by atoms with Crippen molar-refractivity contribution in [1.82, 2.24) is 4.90 Å². The standard InChI is InChI=1S/C14H17BrFNO2/c1-8(14(18)19)10-6-17(7-10)9(2)12-4-3-11(16)5-13(12)15/h3-5,8-10H,6-7H2,1-2H3,(H,18,19). The molecule has 0 aromatic heterocycles. The summed E-state index contributed by atoms with van der Waals surface area (Å²) < 4.78 is 13.8. The molecular weight excluding hydrogens is 313 g/mol. The van der Waals surface area contributed by atoms with Crippen LogP contribution in [0.5, 0.6) is 0 Å². The van der Waals surface area contributed by atoms with Crippen LogP contribution in [0.3, 0.4) is 0 Å². The first-order valence-corrected chi connectivity index (χ1v) is 7.11. The number of carbonyl (C=O) groups is 1. The summed E-state index contributed by atoms with van der Waals surface area (Å²) in [6.07, 6.45) is 0. The Morgan fingerprint density at radius 2 is 2.11 bits per heavy atom. The molecule has 1 heterocycles. The van der Waals surface area contributed by atoms with Crippen LogP contribution in [-0.4, -0.2) is 29.1 Å². The first kappa shape index (κ1) is 14.5. The molecule has 5 heteroatoms. The molecule has 1 aliphatic heterocycles. The largest absolute Gasteiger partial charge is 0.481 e. The zero-order valence-corrected chi connectivity index (χ0v) is 12.5. The Morgan fingerprint density at radius 1 is 1.47 bits per heavy atom. The van der Waals surface area contributed by atoms with Gasteiger partial charge in [-0.05, 0) is 30.5 Å². The molecule has 0 radical (unpaired) electrons. The van der Waals surface area contributed by atoms with E-state index in [4.69, 9.17) is 5.11 Å². The Labute approximate surface area is 120 Å². The summed E-state index contributed by atoms with van der Waals surface area (Å²) in [4.78, 5) is 13.1. The number of hydrogen-bond donors (Lipinski definition) is 1. The van der Waals surface area contributed by atoms with Crippen LogP contribution < -0.4 is 0 Å². The lowest BCUT2D eigenvalue weighted by Gasteiger charge is -2.45. The molecule has 0 bridgehead atoms. The SMILES string of the molecule is CC(C(=O)O)C1CN(C(C)c2ccc(F)cc2Br)C1. The number of carboxylic acid groups (broad SMARTS) is 1. The summed E-state index contributed by atoms with van der Waals surface area (Å²) >= 11 is 3.38. The molecule has 1 N–H and O–H groups in total. The first-order valence-electron chi connectivity index (χ1n) is 6.32. The number of carboxylic acids is 1. The third-order valence-electron chi connectivity index (χ3n) is 3.99. The molecule has 0 amide bonds. The number of aliphatic carboxylic acids is 1. The lowest BCUT2D eigenvalue weighted by molar-refractivity contribution is -0.146. The molecule has 2 rings (SSSR count). The van der Waals surface area contributed by atoms with Crippen molar-refractivity contribution in [3.8, 4) is 0 Å². The maximum Gasteiger partial charge on any atom is 0.306 e. The number of halogens is 2. The van der Waals surface area contributed by atoms with Gasteiger partial charge in [-0.2, -0.15) is 0 Å². The number of likely N-dealkylation sites (tertiary alicyclic amines) is 1. The van der Waals surface area contributed by atoms with Gasteiger partial charge in [-0.25, -0.2) is 4.39 Å². The Balaban J connectivity index is 2.00. The van der Waals surface area contributed by atoms with E-state index >= 15 is 0 Å². The summed E-state index contributed by atoms with van der Waals surface area (Å²) in [6.45, 7) is 5.36. The van der Waals surface area contributed by atoms with Crippen LogP contribution in [0.2, 0.25) is 0 Å². The van der Waals surface area contributed by atoms with Crippen molar-refractivity contribution in [2.75, 3.05) is 13.1 Å². The van der Waals surface area contributed by atoms with Crippen LogP contribution >= 0.6 is 15.9 Å². The van der Waals surface area contributed by atoms with Crippen molar-refractivity contribution in [2.45, 2.75) is 19.9 Å². The number of hydrogen-bond acceptors (Lipinski definition) is 2. The molecule has 1 aromatic carbocycles. The first-order chi connectivity index (χ1) is 8.90. The average molecular weight is 330 g/mol. The Bertz CT molecular complexity index is 488. The minimum atomic E-state index is -0.736. The molecular formula is C14H17BrFNO2. The van der Waals surface area contributed by atoms with E-state index in [1.54, 1.807) is 13.0 Å². The van der Waals surface area contributed by atoms with E-state index in [1.165, 1.54) is 12.1 Å². The van der Waals surface area contributed by atoms with E-state index in [1.807, 2.05) is 0 Å². The topological polar surface area (TPSA) is 40.5 Å². The Hall–Kier alpha value is -0.940. The molecule has 0 spiro atoms. The zero-order chi connectivity index (χ0) is 14.2. The third kappa shape index (κ3) is 2.98. The molecule has 1 aromatic rings. The molecule has 1 aliphatic rings. The van der Waals surface area contributed by atoms with Gasteiger partial charge in [0, 0.05) is 23.6 Å². The summed E-state index contributed by atoms with van der Waals surface area (Å²) in [5.41, 5.74) is 1.03. The van der Waals surface area contributed by atoms with Crippen molar-refractivity contribution in [2.24, 2.45) is 11.8 Å². The van der Waals surface area contributed by atoms with E-state index < -0.39 is 5.97 Å². The van der Waals surface area contributed by atoms with E-state index in [2.05, 4.69) is 27.8 Å². The predicted molar refractivity (Wildman–Crippen MR) is 74.4 cm³/mol. The van der Waals surface area contributed by atoms with E-state index in [0.29, 0.717) is 0 Å². The zero-order valence-electron chi connectivity index (χ0n) is 10.9. The van der Waals surface area contributed by atoms with Gasteiger partial charge in [0.25, 0.3) is 0 Å². The Morgan fingerprint density at radius 3 is 2.63 bits per heavy atom. The van der Waals surface area contributed by atoms with Gasteiger partial charge in [-0.3, -0.25) is 9.69 Å². The van der Waals surface area contributed by atoms with Crippen LogP contribution in [0.15, 0.2) is 22.7 Å². The van der Waals surface area contributed by atoms with E-state index in [0.717, 1.165) is 23.1 Å². The molecule has 2 atom stereocenters. The van der Waals surface area contributed by atoms with Gasteiger partial charge in [0.2, 0.25) is 0 Å². The predicted octanol–water partition coefficient (Wildman–Crippen LogP) is 3.30. The maximum atomic E-state index is 13.1.